The highest BCUT2D eigenvalue weighted by Gasteiger charge is 2.18. The van der Waals surface area contributed by atoms with Crippen LogP contribution in [0.4, 0.5) is 5.69 Å². The number of amides is 1. The first-order valence-electron chi connectivity index (χ1n) is 9.46. The fraction of sp³-hybridized carbons (Fsp3) is 0.318. The Morgan fingerprint density at radius 3 is 2.66 bits per heavy atom. The van der Waals surface area contributed by atoms with Crippen LogP contribution in [0, 0.1) is 0 Å². The van der Waals surface area contributed by atoms with E-state index < -0.39 is 0 Å². The maximum atomic E-state index is 12.1. The van der Waals surface area contributed by atoms with E-state index in [0.29, 0.717) is 12.1 Å². The van der Waals surface area contributed by atoms with Crippen molar-refractivity contribution >= 4 is 29.3 Å². The Hall–Kier alpha value is -2.86. The second kappa shape index (κ2) is 9.56. The molecule has 2 N–H and O–H groups in total. The molecular formula is C22H25ClN2O4. The molecule has 1 aliphatic rings. The Kier molecular flexibility index (Phi) is 6.88. The van der Waals surface area contributed by atoms with E-state index in [1.807, 2.05) is 12.1 Å². The van der Waals surface area contributed by atoms with Gasteiger partial charge in [-0.15, -0.1) is 0 Å². The minimum Gasteiger partial charge on any atom is -0.502 e. The molecule has 7 heteroatoms. The van der Waals surface area contributed by atoms with Crippen LogP contribution in [0.1, 0.15) is 17.5 Å². The lowest BCUT2D eigenvalue weighted by Gasteiger charge is -2.19. The van der Waals surface area contributed by atoms with Crippen molar-refractivity contribution in [3.05, 3.63) is 52.6 Å². The van der Waals surface area contributed by atoms with Gasteiger partial charge in [0.2, 0.25) is 11.7 Å². The molecule has 0 aliphatic carbocycles. The van der Waals surface area contributed by atoms with Crippen LogP contribution in [0.15, 0.2) is 36.4 Å². The van der Waals surface area contributed by atoms with Crippen molar-refractivity contribution in [3.8, 4) is 17.2 Å². The van der Waals surface area contributed by atoms with Gasteiger partial charge in [0.15, 0.2) is 11.5 Å². The molecule has 0 atom stereocenters. The Balaban J connectivity index is 1.47. The van der Waals surface area contributed by atoms with Gasteiger partial charge in [0.25, 0.3) is 0 Å². The third kappa shape index (κ3) is 5.15. The number of nitrogens with one attached hydrogen (secondary N) is 1. The third-order valence-electron chi connectivity index (χ3n) is 4.87. The van der Waals surface area contributed by atoms with E-state index in [-0.39, 0.29) is 23.2 Å². The van der Waals surface area contributed by atoms with Crippen LogP contribution in [0.25, 0.3) is 6.08 Å². The number of phenols is 1. The molecule has 0 fully saturated rings. The number of ether oxygens (including phenoxy) is 2. The van der Waals surface area contributed by atoms with Crippen molar-refractivity contribution in [1.82, 2.24) is 5.32 Å². The number of hydrogen-bond donors (Lipinski definition) is 2. The first-order chi connectivity index (χ1) is 14.0. The van der Waals surface area contributed by atoms with Crippen molar-refractivity contribution in [2.75, 3.05) is 38.8 Å². The summed E-state index contributed by atoms with van der Waals surface area (Å²) in [7, 11) is 2.92. The van der Waals surface area contributed by atoms with Crippen molar-refractivity contribution in [3.63, 3.8) is 0 Å². The highest BCUT2D eigenvalue weighted by molar-refractivity contribution is 6.30. The normalized spacial score (nSPS) is 12.9. The van der Waals surface area contributed by atoms with Gasteiger partial charge in [0, 0.05) is 36.4 Å². The van der Waals surface area contributed by atoms with Gasteiger partial charge in [-0.3, -0.25) is 4.79 Å². The van der Waals surface area contributed by atoms with Crippen LogP contribution in [-0.4, -0.2) is 44.9 Å². The van der Waals surface area contributed by atoms with Gasteiger partial charge in [-0.05, 0) is 60.4 Å². The number of nitrogens with zero attached hydrogens (tertiary/aromatic N) is 1. The molecule has 0 saturated carbocycles. The van der Waals surface area contributed by atoms with Crippen LogP contribution < -0.4 is 19.7 Å². The van der Waals surface area contributed by atoms with E-state index in [1.54, 1.807) is 18.2 Å². The zero-order chi connectivity index (χ0) is 20.8. The summed E-state index contributed by atoms with van der Waals surface area (Å²) in [5.74, 6) is 0.333. The van der Waals surface area contributed by atoms with Gasteiger partial charge in [-0.2, -0.15) is 0 Å². The van der Waals surface area contributed by atoms with E-state index in [4.69, 9.17) is 21.1 Å². The standard InChI is InChI=1S/C22H25ClN2O4/c1-28-19-12-15(13-20(29-2)22(19)27)4-7-21(26)24-9-3-10-25-11-8-16-14-17(23)5-6-18(16)25/h4-7,12-14,27H,3,8-11H2,1-2H3,(H,24,26)/b7-4+. The van der Waals surface area contributed by atoms with Crippen molar-refractivity contribution < 1.29 is 19.4 Å². The number of carbonyl (C=O) groups excluding carboxylic acids is 1. The van der Waals surface area contributed by atoms with E-state index in [0.717, 1.165) is 31.0 Å². The summed E-state index contributed by atoms with van der Waals surface area (Å²) >= 11 is 6.05. The van der Waals surface area contributed by atoms with Crippen LogP contribution >= 0.6 is 11.6 Å². The Labute approximate surface area is 175 Å². The molecule has 1 amide bonds. The molecule has 1 aliphatic heterocycles. The second-order valence-corrected chi connectivity index (χ2v) is 7.20. The Bertz CT molecular complexity index is 889. The summed E-state index contributed by atoms with van der Waals surface area (Å²) in [5.41, 5.74) is 3.21. The number of fused-ring (bicyclic) bond motifs is 1. The molecule has 0 radical (unpaired) electrons. The summed E-state index contributed by atoms with van der Waals surface area (Å²) in [4.78, 5) is 14.4. The number of phenolic OH excluding ortho intramolecular Hbond substituents is 1. The van der Waals surface area contributed by atoms with Crippen LogP contribution in [-0.2, 0) is 11.2 Å². The summed E-state index contributed by atoms with van der Waals surface area (Å²) in [6, 6.07) is 9.28. The number of benzene rings is 2. The molecule has 1 heterocycles. The maximum absolute atomic E-state index is 12.1. The molecule has 0 unspecified atom stereocenters. The lowest BCUT2D eigenvalue weighted by molar-refractivity contribution is -0.116. The van der Waals surface area contributed by atoms with Crippen molar-refractivity contribution in [2.24, 2.45) is 0 Å². The Morgan fingerprint density at radius 2 is 1.97 bits per heavy atom. The van der Waals surface area contributed by atoms with Crippen molar-refractivity contribution in [1.29, 1.82) is 0 Å². The average molecular weight is 417 g/mol. The molecular weight excluding hydrogens is 392 g/mol. The van der Waals surface area contributed by atoms with Crippen LogP contribution in [0.3, 0.4) is 0 Å². The van der Waals surface area contributed by atoms with Gasteiger partial charge >= 0.3 is 0 Å². The smallest absolute Gasteiger partial charge is 0.244 e. The minimum absolute atomic E-state index is 0.0673. The number of rotatable bonds is 8. The van der Waals surface area contributed by atoms with E-state index in [1.165, 1.54) is 31.5 Å². The number of halogens is 1. The monoisotopic (exact) mass is 416 g/mol. The molecule has 0 spiro atoms. The van der Waals surface area contributed by atoms with Crippen LogP contribution in [0.2, 0.25) is 5.02 Å². The third-order valence-corrected chi connectivity index (χ3v) is 5.10. The summed E-state index contributed by atoms with van der Waals surface area (Å²) in [6.45, 7) is 2.45. The summed E-state index contributed by atoms with van der Waals surface area (Å²) < 4.78 is 10.2. The zero-order valence-electron chi connectivity index (χ0n) is 16.6. The second-order valence-electron chi connectivity index (χ2n) is 6.76. The number of carbonyl (C=O) groups is 1. The van der Waals surface area contributed by atoms with E-state index >= 15 is 0 Å². The van der Waals surface area contributed by atoms with E-state index in [9.17, 15) is 9.90 Å². The Morgan fingerprint density at radius 1 is 1.24 bits per heavy atom. The molecule has 0 saturated heterocycles. The fourth-order valence-corrected chi connectivity index (χ4v) is 3.59. The van der Waals surface area contributed by atoms with Gasteiger partial charge in [0.05, 0.1) is 14.2 Å². The largest absolute Gasteiger partial charge is 0.502 e. The molecule has 29 heavy (non-hydrogen) atoms. The maximum Gasteiger partial charge on any atom is 0.244 e. The number of aromatic hydroxyl groups is 1. The lowest BCUT2D eigenvalue weighted by atomic mass is 10.1. The first kappa shape index (κ1) is 20.9. The van der Waals surface area contributed by atoms with Gasteiger partial charge in [-0.25, -0.2) is 0 Å². The van der Waals surface area contributed by atoms with Gasteiger partial charge in [0.1, 0.15) is 0 Å². The predicted molar refractivity (Wildman–Crippen MR) is 115 cm³/mol. The lowest BCUT2D eigenvalue weighted by Crippen LogP contribution is -2.28. The topological polar surface area (TPSA) is 71.0 Å². The molecule has 6 nitrogen and oxygen atoms in total. The highest BCUT2D eigenvalue weighted by Crippen LogP contribution is 2.37. The number of anilines is 1. The summed E-state index contributed by atoms with van der Waals surface area (Å²) in [5, 5.41) is 13.6. The fourth-order valence-electron chi connectivity index (χ4n) is 3.39. The molecule has 154 valence electrons. The molecule has 2 aromatic rings. The predicted octanol–water partition coefficient (Wildman–Crippen LogP) is 3.65. The first-order valence-corrected chi connectivity index (χ1v) is 9.84. The van der Waals surface area contributed by atoms with Crippen LogP contribution in [0.5, 0.6) is 17.2 Å². The highest BCUT2D eigenvalue weighted by atomic mass is 35.5. The molecule has 0 aromatic heterocycles. The van der Waals surface area contributed by atoms with Gasteiger partial charge < -0.3 is 24.8 Å². The van der Waals surface area contributed by atoms with Crippen molar-refractivity contribution in [2.45, 2.75) is 12.8 Å². The SMILES string of the molecule is COc1cc(/C=C/C(=O)NCCCN2CCc3cc(Cl)ccc32)cc(OC)c1O. The quantitative estimate of drug-likeness (QED) is 0.507. The molecule has 2 aromatic carbocycles. The number of methoxy groups -OCH3 is 2. The minimum atomic E-state index is -0.176. The number of hydrogen-bond acceptors (Lipinski definition) is 5. The molecule has 0 bridgehead atoms. The average Bonchev–Trinajstić information content (AvgIpc) is 3.12. The summed E-state index contributed by atoms with van der Waals surface area (Å²) in [6.07, 6.45) is 4.96. The zero-order valence-corrected chi connectivity index (χ0v) is 17.3. The molecule has 3 rings (SSSR count). The van der Waals surface area contributed by atoms with E-state index in [2.05, 4.69) is 16.3 Å². The van der Waals surface area contributed by atoms with Gasteiger partial charge in [-0.1, -0.05) is 11.6 Å².